The smallest absolute Gasteiger partial charge is 0.147 e. The van der Waals surface area contributed by atoms with Crippen LogP contribution in [0.1, 0.15) is 31.3 Å². The Morgan fingerprint density at radius 2 is 2.11 bits per heavy atom. The van der Waals surface area contributed by atoms with Crippen LogP contribution in [0.2, 0.25) is 0 Å². The van der Waals surface area contributed by atoms with Gasteiger partial charge in [-0.15, -0.1) is 0 Å². The molecule has 0 aliphatic heterocycles. The van der Waals surface area contributed by atoms with Crippen LogP contribution in [-0.2, 0) is 0 Å². The maximum Gasteiger partial charge on any atom is 0.147 e. The zero-order valence-corrected chi connectivity index (χ0v) is 10.4. The number of aromatic nitrogens is 3. The van der Waals surface area contributed by atoms with E-state index in [1.54, 1.807) is 0 Å². The predicted molar refractivity (Wildman–Crippen MR) is 67.8 cm³/mol. The van der Waals surface area contributed by atoms with Crippen LogP contribution in [0.5, 0.6) is 5.75 Å². The van der Waals surface area contributed by atoms with Gasteiger partial charge < -0.3 is 4.74 Å². The van der Waals surface area contributed by atoms with Crippen LogP contribution in [0, 0.1) is 0 Å². The van der Waals surface area contributed by atoms with E-state index in [4.69, 9.17) is 10.6 Å². The molecule has 6 heteroatoms. The third-order valence-corrected chi connectivity index (χ3v) is 2.47. The lowest BCUT2D eigenvalue weighted by atomic mass is 10.1. The highest BCUT2D eigenvalue weighted by atomic mass is 16.5. The SMILES string of the molecule is CC(C)Oc1ccccc1C(NN)c1ncn[nH]1. The third kappa shape index (κ3) is 2.66. The molecule has 0 aliphatic rings. The van der Waals surface area contributed by atoms with Crippen molar-refractivity contribution in [2.75, 3.05) is 0 Å². The maximum absolute atomic E-state index is 5.77. The molecular weight excluding hydrogens is 230 g/mol. The van der Waals surface area contributed by atoms with Gasteiger partial charge in [0.05, 0.1) is 6.10 Å². The van der Waals surface area contributed by atoms with Crippen molar-refractivity contribution in [1.82, 2.24) is 20.6 Å². The quantitative estimate of drug-likeness (QED) is 0.544. The lowest BCUT2D eigenvalue weighted by molar-refractivity contribution is 0.238. The summed E-state index contributed by atoms with van der Waals surface area (Å²) in [5, 5.41) is 6.64. The average molecular weight is 247 g/mol. The monoisotopic (exact) mass is 247 g/mol. The minimum atomic E-state index is -0.276. The molecule has 2 aromatic rings. The van der Waals surface area contributed by atoms with E-state index < -0.39 is 0 Å². The Morgan fingerprint density at radius 3 is 2.72 bits per heavy atom. The van der Waals surface area contributed by atoms with Gasteiger partial charge in [0.2, 0.25) is 0 Å². The van der Waals surface area contributed by atoms with Crippen molar-refractivity contribution in [3.05, 3.63) is 42.0 Å². The van der Waals surface area contributed by atoms with Crippen LogP contribution >= 0.6 is 0 Å². The molecule has 0 saturated carbocycles. The van der Waals surface area contributed by atoms with Gasteiger partial charge in [-0.3, -0.25) is 10.9 Å². The number of ether oxygens (including phenoxy) is 1. The molecule has 18 heavy (non-hydrogen) atoms. The van der Waals surface area contributed by atoms with Gasteiger partial charge in [0.15, 0.2) is 0 Å². The first kappa shape index (κ1) is 12.5. The van der Waals surface area contributed by atoms with Gasteiger partial charge >= 0.3 is 0 Å². The summed E-state index contributed by atoms with van der Waals surface area (Å²) in [7, 11) is 0. The summed E-state index contributed by atoms with van der Waals surface area (Å²) < 4.78 is 5.77. The van der Waals surface area contributed by atoms with E-state index in [1.165, 1.54) is 6.33 Å². The Bertz CT molecular complexity index is 483. The fourth-order valence-corrected chi connectivity index (χ4v) is 1.75. The van der Waals surface area contributed by atoms with Crippen LogP contribution in [-0.4, -0.2) is 21.3 Å². The highest BCUT2D eigenvalue weighted by Gasteiger charge is 2.19. The van der Waals surface area contributed by atoms with Gasteiger partial charge in [-0.2, -0.15) is 5.10 Å². The van der Waals surface area contributed by atoms with Gasteiger partial charge in [0.25, 0.3) is 0 Å². The Labute approximate surface area is 106 Å². The molecule has 1 aromatic heterocycles. The van der Waals surface area contributed by atoms with Crippen molar-refractivity contribution in [3.63, 3.8) is 0 Å². The Hall–Kier alpha value is -1.92. The molecule has 0 amide bonds. The highest BCUT2D eigenvalue weighted by molar-refractivity contribution is 5.38. The zero-order chi connectivity index (χ0) is 13.0. The van der Waals surface area contributed by atoms with Gasteiger partial charge in [0, 0.05) is 5.56 Å². The van der Waals surface area contributed by atoms with E-state index in [0.29, 0.717) is 5.82 Å². The number of hydrazine groups is 1. The number of rotatable bonds is 5. The first-order chi connectivity index (χ1) is 8.72. The van der Waals surface area contributed by atoms with Crippen molar-refractivity contribution < 1.29 is 4.74 Å². The van der Waals surface area contributed by atoms with E-state index in [-0.39, 0.29) is 12.1 Å². The molecule has 96 valence electrons. The molecule has 6 nitrogen and oxygen atoms in total. The van der Waals surface area contributed by atoms with E-state index >= 15 is 0 Å². The number of para-hydroxylation sites is 1. The second-order valence-electron chi connectivity index (χ2n) is 4.17. The molecule has 1 unspecified atom stereocenters. The fourth-order valence-electron chi connectivity index (χ4n) is 1.75. The molecule has 1 heterocycles. The molecule has 0 radical (unpaired) electrons. The lowest BCUT2D eigenvalue weighted by Crippen LogP contribution is -2.30. The third-order valence-electron chi connectivity index (χ3n) is 2.47. The van der Waals surface area contributed by atoms with Crippen molar-refractivity contribution in [2.24, 2.45) is 5.84 Å². The molecule has 2 rings (SSSR count). The molecule has 1 atom stereocenters. The van der Waals surface area contributed by atoms with Crippen LogP contribution < -0.4 is 16.0 Å². The normalized spacial score (nSPS) is 12.7. The molecule has 1 aromatic carbocycles. The summed E-state index contributed by atoms with van der Waals surface area (Å²) in [6, 6.07) is 7.45. The van der Waals surface area contributed by atoms with Gasteiger partial charge in [-0.05, 0) is 19.9 Å². The number of nitrogens with two attached hydrogens (primary N) is 1. The second kappa shape index (κ2) is 5.61. The number of nitrogens with zero attached hydrogens (tertiary/aromatic N) is 2. The van der Waals surface area contributed by atoms with Crippen molar-refractivity contribution in [3.8, 4) is 5.75 Å². The minimum Gasteiger partial charge on any atom is -0.491 e. The first-order valence-corrected chi connectivity index (χ1v) is 5.79. The second-order valence-corrected chi connectivity index (χ2v) is 4.17. The summed E-state index contributed by atoms with van der Waals surface area (Å²) in [4.78, 5) is 4.12. The van der Waals surface area contributed by atoms with Gasteiger partial charge in [0.1, 0.15) is 23.9 Å². The van der Waals surface area contributed by atoms with E-state index in [0.717, 1.165) is 11.3 Å². The standard InChI is InChI=1S/C12H17N5O/c1-8(2)18-10-6-4-3-5-9(10)11(16-13)12-14-7-15-17-12/h3-8,11,16H,13H2,1-2H3,(H,14,15,17). The molecule has 0 aliphatic carbocycles. The fraction of sp³-hybridized carbons (Fsp3) is 0.333. The first-order valence-electron chi connectivity index (χ1n) is 5.79. The van der Waals surface area contributed by atoms with Crippen LogP contribution in [0.4, 0.5) is 0 Å². The van der Waals surface area contributed by atoms with Crippen molar-refractivity contribution in [2.45, 2.75) is 26.0 Å². The van der Waals surface area contributed by atoms with Crippen LogP contribution in [0.15, 0.2) is 30.6 Å². The van der Waals surface area contributed by atoms with Crippen molar-refractivity contribution in [1.29, 1.82) is 0 Å². The zero-order valence-electron chi connectivity index (χ0n) is 10.4. The van der Waals surface area contributed by atoms with Crippen LogP contribution in [0.3, 0.4) is 0 Å². The number of hydrogen-bond donors (Lipinski definition) is 3. The summed E-state index contributed by atoms with van der Waals surface area (Å²) in [6.45, 7) is 3.96. The van der Waals surface area contributed by atoms with E-state index in [1.807, 2.05) is 38.1 Å². The summed E-state index contributed by atoms with van der Waals surface area (Å²) in [6.07, 6.45) is 1.55. The summed E-state index contributed by atoms with van der Waals surface area (Å²) in [5.41, 5.74) is 3.64. The lowest BCUT2D eigenvalue weighted by Gasteiger charge is -2.19. The van der Waals surface area contributed by atoms with Gasteiger partial charge in [-0.25, -0.2) is 10.4 Å². The number of nitrogens with one attached hydrogen (secondary N) is 2. The molecule has 0 saturated heterocycles. The Balaban J connectivity index is 2.36. The number of hydrogen-bond acceptors (Lipinski definition) is 5. The minimum absolute atomic E-state index is 0.0966. The predicted octanol–water partition coefficient (Wildman–Crippen LogP) is 1.14. The molecule has 4 N–H and O–H groups in total. The summed E-state index contributed by atoms with van der Waals surface area (Å²) in [5.74, 6) is 7.04. The number of H-pyrrole nitrogens is 1. The van der Waals surface area contributed by atoms with Crippen LogP contribution in [0.25, 0.3) is 0 Å². The topological polar surface area (TPSA) is 88.8 Å². The number of benzene rings is 1. The highest BCUT2D eigenvalue weighted by Crippen LogP contribution is 2.28. The van der Waals surface area contributed by atoms with E-state index in [9.17, 15) is 0 Å². The summed E-state index contributed by atoms with van der Waals surface area (Å²) >= 11 is 0. The molecular formula is C12H17N5O. The molecule has 0 bridgehead atoms. The largest absolute Gasteiger partial charge is 0.491 e. The Kier molecular flexibility index (Phi) is 3.91. The average Bonchev–Trinajstić information content (AvgIpc) is 2.85. The molecule has 0 spiro atoms. The van der Waals surface area contributed by atoms with Crippen molar-refractivity contribution >= 4 is 0 Å². The molecule has 0 fully saturated rings. The maximum atomic E-state index is 5.77. The van der Waals surface area contributed by atoms with Gasteiger partial charge in [-0.1, -0.05) is 18.2 Å². The number of aromatic amines is 1. The van der Waals surface area contributed by atoms with E-state index in [2.05, 4.69) is 20.6 Å². The Morgan fingerprint density at radius 1 is 1.33 bits per heavy atom.